The minimum Gasteiger partial charge on any atom is -0.267 e. The van der Waals surface area contributed by atoms with Crippen molar-refractivity contribution in [1.29, 1.82) is 0 Å². The molecule has 0 heterocycles. The van der Waals surface area contributed by atoms with Crippen molar-refractivity contribution in [3.63, 3.8) is 0 Å². The molecule has 3 aromatic rings. The number of hydrazone groups is 2. The summed E-state index contributed by atoms with van der Waals surface area (Å²) in [6, 6.07) is 21.5. The minimum atomic E-state index is -0.363. The van der Waals surface area contributed by atoms with Crippen LogP contribution in [0.25, 0.3) is 0 Å². The molecule has 2 N–H and O–H groups in total. The summed E-state index contributed by atoms with van der Waals surface area (Å²) in [4.78, 5) is 24.7. The zero-order valence-electron chi connectivity index (χ0n) is 17.4. The molecule has 0 aliphatic heterocycles. The average molecular weight is 556 g/mol. The van der Waals surface area contributed by atoms with E-state index in [2.05, 4.69) is 52.9 Å². The third kappa shape index (κ3) is 6.45. The second-order valence-electron chi connectivity index (χ2n) is 6.87. The molecule has 6 nitrogen and oxygen atoms in total. The first-order chi connectivity index (χ1) is 15.3. The van der Waals surface area contributed by atoms with Gasteiger partial charge in [-0.2, -0.15) is 10.2 Å². The van der Waals surface area contributed by atoms with Gasteiger partial charge in [-0.25, -0.2) is 10.9 Å². The lowest BCUT2D eigenvalue weighted by Gasteiger charge is -2.05. The highest BCUT2D eigenvalue weighted by Gasteiger charge is 2.09. The number of rotatable bonds is 6. The number of carbonyl (C=O) groups is 2. The molecular formula is C24H20Br2N4O2. The van der Waals surface area contributed by atoms with Crippen LogP contribution in [0.1, 0.15) is 45.7 Å². The van der Waals surface area contributed by atoms with E-state index in [1.807, 2.05) is 62.4 Å². The lowest BCUT2D eigenvalue weighted by Crippen LogP contribution is -2.21. The highest BCUT2D eigenvalue weighted by molar-refractivity contribution is 9.10. The zero-order valence-corrected chi connectivity index (χ0v) is 20.6. The van der Waals surface area contributed by atoms with Gasteiger partial charge in [-0.1, -0.05) is 56.1 Å². The zero-order chi connectivity index (χ0) is 23.1. The molecule has 32 heavy (non-hydrogen) atoms. The molecule has 0 saturated carbocycles. The van der Waals surface area contributed by atoms with Crippen LogP contribution in [0.2, 0.25) is 0 Å². The van der Waals surface area contributed by atoms with Crippen LogP contribution in [-0.2, 0) is 0 Å². The van der Waals surface area contributed by atoms with Gasteiger partial charge < -0.3 is 0 Å². The van der Waals surface area contributed by atoms with Crippen molar-refractivity contribution >= 4 is 55.1 Å². The van der Waals surface area contributed by atoms with Gasteiger partial charge in [-0.3, -0.25) is 9.59 Å². The molecule has 0 unspecified atom stereocenters. The van der Waals surface area contributed by atoms with E-state index in [0.29, 0.717) is 22.6 Å². The van der Waals surface area contributed by atoms with Crippen LogP contribution in [-0.4, -0.2) is 23.2 Å². The van der Waals surface area contributed by atoms with Crippen molar-refractivity contribution in [2.75, 3.05) is 0 Å². The SMILES string of the molecule is C/C(=N/NC(=O)c1ccc(C(=O)N/N=C(\C)c2ccc(Br)cc2)cc1)c1ccc(Br)cc1. The van der Waals surface area contributed by atoms with E-state index in [-0.39, 0.29) is 11.8 Å². The maximum Gasteiger partial charge on any atom is 0.271 e. The summed E-state index contributed by atoms with van der Waals surface area (Å²) in [7, 11) is 0. The molecule has 0 saturated heterocycles. The molecule has 0 bridgehead atoms. The standard InChI is InChI=1S/C24H20Br2N4O2/c1-15(17-7-11-21(25)12-8-17)27-29-23(31)19-3-5-20(6-4-19)24(32)30-28-16(2)18-9-13-22(26)14-10-18/h3-14H,1-2H3,(H,29,31)(H,30,32)/b27-15-,28-16+. The third-order valence-electron chi connectivity index (χ3n) is 4.58. The average Bonchev–Trinajstić information content (AvgIpc) is 2.81. The summed E-state index contributed by atoms with van der Waals surface area (Å²) in [6.45, 7) is 3.63. The van der Waals surface area contributed by atoms with Crippen molar-refractivity contribution in [3.8, 4) is 0 Å². The molecule has 3 rings (SSSR count). The molecule has 0 aromatic heterocycles. The van der Waals surface area contributed by atoms with E-state index in [0.717, 1.165) is 20.1 Å². The Bertz CT molecular complexity index is 1080. The van der Waals surface area contributed by atoms with E-state index in [1.165, 1.54) is 0 Å². The van der Waals surface area contributed by atoms with Gasteiger partial charge in [-0.05, 0) is 73.5 Å². The van der Waals surface area contributed by atoms with Crippen LogP contribution in [0.3, 0.4) is 0 Å². The predicted molar refractivity (Wildman–Crippen MR) is 134 cm³/mol. The molecule has 8 heteroatoms. The molecule has 0 fully saturated rings. The van der Waals surface area contributed by atoms with E-state index >= 15 is 0 Å². The van der Waals surface area contributed by atoms with Crippen molar-refractivity contribution in [1.82, 2.24) is 10.9 Å². The van der Waals surface area contributed by atoms with Gasteiger partial charge in [0.2, 0.25) is 0 Å². The maximum absolute atomic E-state index is 12.4. The van der Waals surface area contributed by atoms with Gasteiger partial charge in [-0.15, -0.1) is 0 Å². The summed E-state index contributed by atoms with van der Waals surface area (Å²) < 4.78 is 1.94. The fraction of sp³-hybridized carbons (Fsp3) is 0.0833. The van der Waals surface area contributed by atoms with Gasteiger partial charge in [0.05, 0.1) is 11.4 Å². The number of carbonyl (C=O) groups excluding carboxylic acids is 2. The summed E-state index contributed by atoms with van der Waals surface area (Å²) in [5.74, 6) is -0.727. The lowest BCUT2D eigenvalue weighted by molar-refractivity contribution is 0.0943. The summed E-state index contributed by atoms with van der Waals surface area (Å²) >= 11 is 6.77. The number of halogens is 2. The lowest BCUT2D eigenvalue weighted by atomic mass is 10.1. The van der Waals surface area contributed by atoms with Crippen molar-refractivity contribution in [2.24, 2.45) is 10.2 Å². The number of nitrogens with zero attached hydrogens (tertiary/aromatic N) is 2. The van der Waals surface area contributed by atoms with Crippen molar-refractivity contribution in [3.05, 3.63) is 104 Å². The molecule has 162 valence electrons. The maximum atomic E-state index is 12.4. The fourth-order valence-electron chi connectivity index (χ4n) is 2.68. The van der Waals surface area contributed by atoms with Crippen LogP contribution in [0.15, 0.2) is 91.9 Å². The molecule has 0 atom stereocenters. The van der Waals surface area contributed by atoms with Crippen molar-refractivity contribution in [2.45, 2.75) is 13.8 Å². The second kappa shape index (κ2) is 11.0. The van der Waals surface area contributed by atoms with Crippen LogP contribution in [0, 0.1) is 0 Å². The number of hydrogen-bond donors (Lipinski definition) is 2. The van der Waals surface area contributed by atoms with E-state index in [1.54, 1.807) is 24.3 Å². The normalized spacial score (nSPS) is 11.8. The summed E-state index contributed by atoms with van der Waals surface area (Å²) in [5, 5.41) is 8.29. The Morgan fingerprint density at radius 2 is 0.844 bits per heavy atom. The van der Waals surface area contributed by atoms with Crippen LogP contribution in [0.5, 0.6) is 0 Å². The number of amides is 2. The van der Waals surface area contributed by atoms with Crippen LogP contribution >= 0.6 is 31.9 Å². The summed E-state index contributed by atoms with van der Waals surface area (Å²) in [5.41, 5.74) is 9.02. The number of nitrogens with one attached hydrogen (secondary N) is 2. The van der Waals surface area contributed by atoms with Crippen LogP contribution < -0.4 is 10.9 Å². The fourth-order valence-corrected chi connectivity index (χ4v) is 3.21. The Hall–Kier alpha value is -3.10. The van der Waals surface area contributed by atoms with Crippen molar-refractivity contribution < 1.29 is 9.59 Å². The molecule has 0 aliphatic rings. The molecule has 2 amide bonds. The highest BCUT2D eigenvalue weighted by Crippen LogP contribution is 2.12. The number of hydrogen-bond acceptors (Lipinski definition) is 4. The smallest absolute Gasteiger partial charge is 0.267 e. The third-order valence-corrected chi connectivity index (χ3v) is 5.64. The monoisotopic (exact) mass is 554 g/mol. The van der Waals surface area contributed by atoms with E-state index in [4.69, 9.17) is 0 Å². The first kappa shape index (κ1) is 23.6. The van der Waals surface area contributed by atoms with Gasteiger partial charge in [0, 0.05) is 20.1 Å². The molecular weight excluding hydrogens is 536 g/mol. The number of benzene rings is 3. The molecule has 0 radical (unpaired) electrons. The highest BCUT2D eigenvalue weighted by atomic mass is 79.9. The van der Waals surface area contributed by atoms with Crippen LogP contribution in [0.4, 0.5) is 0 Å². The quantitative estimate of drug-likeness (QED) is 0.310. The first-order valence-electron chi connectivity index (χ1n) is 9.64. The Kier molecular flexibility index (Phi) is 8.08. The Labute approximate surface area is 203 Å². The molecule has 0 spiro atoms. The predicted octanol–water partition coefficient (Wildman–Crippen LogP) is 5.52. The van der Waals surface area contributed by atoms with E-state index in [9.17, 15) is 9.59 Å². The van der Waals surface area contributed by atoms with Gasteiger partial charge in [0.25, 0.3) is 11.8 Å². The van der Waals surface area contributed by atoms with Gasteiger partial charge in [0.1, 0.15) is 0 Å². The van der Waals surface area contributed by atoms with E-state index < -0.39 is 0 Å². The van der Waals surface area contributed by atoms with Gasteiger partial charge >= 0.3 is 0 Å². The second-order valence-corrected chi connectivity index (χ2v) is 8.70. The first-order valence-corrected chi connectivity index (χ1v) is 11.2. The largest absolute Gasteiger partial charge is 0.271 e. The molecule has 3 aromatic carbocycles. The molecule has 0 aliphatic carbocycles. The summed E-state index contributed by atoms with van der Waals surface area (Å²) in [6.07, 6.45) is 0. The Balaban J connectivity index is 1.59. The Morgan fingerprint density at radius 1 is 0.562 bits per heavy atom. The minimum absolute atomic E-state index is 0.363. The van der Waals surface area contributed by atoms with Gasteiger partial charge in [0.15, 0.2) is 0 Å². The topological polar surface area (TPSA) is 82.9 Å². The Morgan fingerprint density at radius 3 is 1.16 bits per heavy atom.